The number of aliphatic hydroxyl groups is 1. The number of furan rings is 1. The summed E-state index contributed by atoms with van der Waals surface area (Å²) in [4.78, 5) is 51.4. The minimum absolute atomic E-state index is 0. The van der Waals surface area contributed by atoms with E-state index in [2.05, 4.69) is 16.0 Å². The Hall–Kier alpha value is -2.17. The summed E-state index contributed by atoms with van der Waals surface area (Å²) in [6.45, 7) is 4.53. The molecule has 0 radical (unpaired) electrons. The van der Waals surface area contributed by atoms with Crippen molar-refractivity contribution in [2.24, 2.45) is 17.8 Å². The van der Waals surface area contributed by atoms with E-state index >= 15 is 0 Å². The van der Waals surface area contributed by atoms with Crippen LogP contribution in [0.4, 0.5) is 4.79 Å². The molecule has 0 saturated carbocycles. The van der Waals surface area contributed by atoms with Gasteiger partial charge in [-0.3, -0.25) is 14.4 Å². The van der Waals surface area contributed by atoms with Crippen molar-refractivity contribution in [2.45, 2.75) is 63.6 Å². The maximum atomic E-state index is 13.1. The zero-order valence-corrected chi connectivity index (χ0v) is 25.6. The molecule has 3 heterocycles. The van der Waals surface area contributed by atoms with Gasteiger partial charge in [0.2, 0.25) is 17.7 Å². The first-order chi connectivity index (χ1) is 18.3. The van der Waals surface area contributed by atoms with Crippen molar-refractivity contribution in [3.63, 3.8) is 0 Å². The second kappa shape index (κ2) is 15.2. The molecule has 4 N–H and O–H groups in total. The quantitative estimate of drug-likeness (QED) is 0.132. The summed E-state index contributed by atoms with van der Waals surface area (Å²) < 4.78 is 45.0. The van der Waals surface area contributed by atoms with Gasteiger partial charge in [0.1, 0.15) is 21.9 Å². The van der Waals surface area contributed by atoms with Gasteiger partial charge < -0.3 is 39.7 Å². The second-order valence-electron chi connectivity index (χ2n) is 10.4. The van der Waals surface area contributed by atoms with Crippen LogP contribution in [0, 0.1) is 17.8 Å². The molecule has 2 saturated heterocycles. The average Bonchev–Trinajstić information content (AvgIpc) is 3.58. The molecule has 0 aromatic carbocycles. The normalized spacial score (nSPS) is 21.4. The number of hydrogen-bond donors (Lipinski definition) is 4. The fraction of sp³-hybridized carbons (Fsp3) is 0.667. The van der Waals surface area contributed by atoms with Crippen molar-refractivity contribution in [2.75, 3.05) is 19.7 Å². The summed E-state index contributed by atoms with van der Waals surface area (Å²) in [5.74, 6) is -1.73. The molecule has 0 spiro atoms. The summed E-state index contributed by atoms with van der Waals surface area (Å²) >= 11 is 0. The zero-order valence-electron chi connectivity index (χ0n) is 22.8. The Morgan fingerprint density at radius 2 is 2.02 bits per heavy atom. The molecule has 0 aliphatic carbocycles. The molecule has 3 rings (SSSR count). The van der Waals surface area contributed by atoms with Crippen LogP contribution in [0.1, 0.15) is 45.3 Å². The van der Waals surface area contributed by atoms with Gasteiger partial charge in [-0.05, 0) is 37.3 Å². The predicted octanol–water partition coefficient (Wildman–Crippen LogP) is -3.35. The van der Waals surface area contributed by atoms with Gasteiger partial charge in [-0.25, -0.2) is 13.2 Å². The predicted molar refractivity (Wildman–Crippen MR) is 133 cm³/mol. The summed E-state index contributed by atoms with van der Waals surface area (Å²) in [7, 11) is -5.21. The van der Waals surface area contributed by atoms with E-state index in [1.807, 2.05) is 0 Å². The molecule has 2 unspecified atom stereocenters. The zero-order chi connectivity index (χ0) is 28.7. The number of nitrogens with one attached hydrogen (secondary N) is 3. The number of nitrogens with zero attached hydrogens (tertiary/aromatic N) is 1. The maximum Gasteiger partial charge on any atom is 1.00 e. The molecule has 2 aliphatic rings. The maximum absolute atomic E-state index is 13.1. The van der Waals surface area contributed by atoms with Crippen LogP contribution in [-0.4, -0.2) is 84.0 Å². The van der Waals surface area contributed by atoms with Crippen LogP contribution >= 0.6 is 0 Å². The number of alkyl carbamates (subject to hydrolysis) is 1. The number of carbonyl (C=O) groups is 4. The number of carbonyl (C=O) groups excluding carboxylic acids is 4. The van der Waals surface area contributed by atoms with Crippen LogP contribution in [0.2, 0.25) is 0 Å². The van der Waals surface area contributed by atoms with Crippen molar-refractivity contribution >= 4 is 33.9 Å². The second-order valence-corrected chi connectivity index (χ2v) is 11.8. The van der Waals surface area contributed by atoms with Gasteiger partial charge in [-0.2, -0.15) is 0 Å². The number of hydrogen-bond acceptors (Lipinski definition) is 10. The fourth-order valence-electron chi connectivity index (χ4n) is 4.70. The van der Waals surface area contributed by atoms with Crippen LogP contribution < -0.4 is 45.5 Å². The molecule has 1 aromatic heterocycles. The Morgan fingerprint density at radius 3 is 2.60 bits per heavy atom. The van der Waals surface area contributed by atoms with Crippen molar-refractivity contribution in [3.8, 4) is 0 Å². The molecule has 0 bridgehead atoms. The Bertz CT molecular complexity index is 1130. The third kappa shape index (κ3) is 10.0. The van der Waals surface area contributed by atoms with E-state index in [-0.39, 0.29) is 79.1 Å². The standard InChI is InChI=1S/C24H36N4O10S.Na/c1-14(2)8-18(22(31)26-19(23(32)39(34,35)36)10-16-5-6-25-21(16)30)27-24(33)38-13-15-9-20(29)28(11-15)12-17-4-3-7-37-17;/h3-4,7,14-16,18-19,23,32H,5-6,8-13H2,1-2H3,(H,25,30)(H,26,31)(H,27,33)(H,34,35,36);/q;+1/p-1/t15?,16-,18-,19-,23?;/m0./s1. The molecule has 218 valence electrons. The topological polar surface area (TPSA) is 207 Å². The SMILES string of the molecule is CC(C)C[C@H](NC(=O)OCC1CC(=O)N(Cc2ccco2)C1)C(=O)N[C@@H](C[C@@H]1CCNC1=O)C(O)S(=O)(=O)[O-].[Na+]. The van der Waals surface area contributed by atoms with Gasteiger partial charge in [-0.15, -0.1) is 0 Å². The van der Waals surface area contributed by atoms with Crippen molar-refractivity contribution < 1.29 is 76.0 Å². The van der Waals surface area contributed by atoms with E-state index in [0.717, 1.165) is 0 Å². The smallest absolute Gasteiger partial charge is 0.746 e. The van der Waals surface area contributed by atoms with E-state index < -0.39 is 45.6 Å². The van der Waals surface area contributed by atoms with Gasteiger partial charge in [0.25, 0.3) is 0 Å². The van der Waals surface area contributed by atoms with Gasteiger partial charge in [0, 0.05) is 31.3 Å². The van der Waals surface area contributed by atoms with Gasteiger partial charge in [0.05, 0.1) is 25.5 Å². The molecular weight excluding hydrogens is 559 g/mol. The average molecular weight is 595 g/mol. The van der Waals surface area contributed by atoms with Crippen LogP contribution in [0.15, 0.2) is 22.8 Å². The van der Waals surface area contributed by atoms with Crippen LogP contribution in [0.25, 0.3) is 0 Å². The van der Waals surface area contributed by atoms with Crippen molar-refractivity contribution in [1.29, 1.82) is 0 Å². The molecular formula is C24H35N4NaO10S. The Labute approximate surface area is 255 Å². The van der Waals surface area contributed by atoms with E-state index in [1.165, 1.54) is 6.26 Å². The van der Waals surface area contributed by atoms with E-state index in [1.54, 1.807) is 30.9 Å². The van der Waals surface area contributed by atoms with Crippen LogP contribution in [0.5, 0.6) is 0 Å². The first-order valence-electron chi connectivity index (χ1n) is 12.8. The number of ether oxygens (including phenoxy) is 1. The van der Waals surface area contributed by atoms with E-state index in [9.17, 15) is 37.3 Å². The Kier molecular flexibility index (Phi) is 12.9. The minimum Gasteiger partial charge on any atom is -0.746 e. The molecule has 14 nitrogen and oxygen atoms in total. The monoisotopic (exact) mass is 594 g/mol. The minimum atomic E-state index is -5.21. The third-order valence-corrected chi connectivity index (χ3v) is 7.58. The van der Waals surface area contributed by atoms with Crippen LogP contribution in [0.3, 0.4) is 0 Å². The first-order valence-corrected chi connectivity index (χ1v) is 14.2. The number of amides is 4. The van der Waals surface area contributed by atoms with E-state index in [0.29, 0.717) is 31.8 Å². The van der Waals surface area contributed by atoms with E-state index in [4.69, 9.17) is 9.15 Å². The third-order valence-electron chi connectivity index (χ3n) is 6.66. The molecule has 40 heavy (non-hydrogen) atoms. The molecule has 16 heteroatoms. The molecule has 4 amide bonds. The summed E-state index contributed by atoms with van der Waals surface area (Å²) in [5, 5.41) is 17.5. The summed E-state index contributed by atoms with van der Waals surface area (Å²) in [5.41, 5.74) is -2.48. The fourth-order valence-corrected chi connectivity index (χ4v) is 5.28. The van der Waals surface area contributed by atoms with Crippen molar-refractivity contribution in [3.05, 3.63) is 24.2 Å². The summed E-state index contributed by atoms with van der Waals surface area (Å²) in [6, 6.07) is 0.729. The number of aliphatic hydroxyl groups excluding tert-OH is 1. The molecule has 2 aliphatic heterocycles. The largest absolute Gasteiger partial charge is 1.00 e. The molecule has 2 fully saturated rings. The summed E-state index contributed by atoms with van der Waals surface area (Å²) in [6.07, 6.45) is 0.983. The Balaban J connectivity index is 0.00000560. The molecule has 5 atom stereocenters. The van der Waals surface area contributed by atoms with Gasteiger partial charge in [-0.1, -0.05) is 13.8 Å². The number of rotatable bonds is 13. The first kappa shape index (κ1) is 34.0. The van der Waals surface area contributed by atoms with Gasteiger partial charge in [0.15, 0.2) is 5.44 Å². The van der Waals surface area contributed by atoms with Crippen molar-refractivity contribution in [1.82, 2.24) is 20.9 Å². The number of likely N-dealkylation sites (tertiary alicyclic amines) is 1. The van der Waals surface area contributed by atoms with Gasteiger partial charge >= 0.3 is 35.7 Å². The molecule has 1 aromatic rings. The Morgan fingerprint density at radius 1 is 1.30 bits per heavy atom. The van der Waals surface area contributed by atoms with Crippen LogP contribution in [-0.2, 0) is 35.8 Å².